The normalized spacial score (nSPS) is 11.9. The van der Waals surface area contributed by atoms with Crippen LogP contribution in [0.4, 0.5) is 5.69 Å². The lowest BCUT2D eigenvalue weighted by Crippen LogP contribution is -2.32. The SMILES string of the molecule is CCNc1ccc(C(=O)NC(C)CCSCC)cc1. The van der Waals surface area contributed by atoms with E-state index >= 15 is 0 Å². The van der Waals surface area contributed by atoms with Gasteiger partial charge in [0.05, 0.1) is 0 Å². The van der Waals surface area contributed by atoms with Crippen molar-refractivity contribution in [1.82, 2.24) is 5.32 Å². The van der Waals surface area contributed by atoms with E-state index in [1.165, 1.54) is 0 Å². The maximum absolute atomic E-state index is 12.0. The van der Waals surface area contributed by atoms with Gasteiger partial charge in [-0.2, -0.15) is 11.8 Å². The van der Waals surface area contributed by atoms with E-state index in [4.69, 9.17) is 0 Å². The topological polar surface area (TPSA) is 41.1 Å². The van der Waals surface area contributed by atoms with Gasteiger partial charge in [-0.15, -0.1) is 0 Å². The molecule has 0 aliphatic heterocycles. The minimum atomic E-state index is 0.0112. The third-order valence-electron chi connectivity index (χ3n) is 2.80. The first kappa shape index (κ1) is 15.9. The number of nitrogens with one attached hydrogen (secondary N) is 2. The zero-order valence-corrected chi connectivity index (χ0v) is 12.8. The highest BCUT2D eigenvalue weighted by Gasteiger charge is 2.09. The Labute approximate surface area is 120 Å². The molecule has 0 bridgehead atoms. The van der Waals surface area contributed by atoms with Crippen LogP contribution in [0.15, 0.2) is 24.3 Å². The van der Waals surface area contributed by atoms with Gasteiger partial charge in [-0.3, -0.25) is 4.79 Å². The van der Waals surface area contributed by atoms with Crippen molar-refractivity contribution < 1.29 is 4.79 Å². The molecular formula is C15H24N2OS. The fraction of sp³-hybridized carbons (Fsp3) is 0.533. The van der Waals surface area contributed by atoms with Gasteiger partial charge < -0.3 is 10.6 Å². The zero-order valence-electron chi connectivity index (χ0n) is 12.0. The van der Waals surface area contributed by atoms with E-state index in [1.54, 1.807) is 0 Å². The van der Waals surface area contributed by atoms with Crippen LogP contribution < -0.4 is 10.6 Å². The van der Waals surface area contributed by atoms with Gasteiger partial charge in [0.15, 0.2) is 0 Å². The Bertz CT molecular complexity index is 378. The van der Waals surface area contributed by atoms with Crippen LogP contribution in [0.25, 0.3) is 0 Å². The third kappa shape index (κ3) is 6.01. The molecule has 0 fully saturated rings. The molecule has 1 atom stereocenters. The summed E-state index contributed by atoms with van der Waals surface area (Å²) in [5.41, 5.74) is 1.77. The highest BCUT2D eigenvalue weighted by atomic mass is 32.2. The van der Waals surface area contributed by atoms with Gasteiger partial charge in [0.2, 0.25) is 0 Å². The summed E-state index contributed by atoms with van der Waals surface area (Å²) in [6.45, 7) is 7.15. The number of rotatable bonds is 8. The first-order chi connectivity index (χ1) is 9.17. The predicted molar refractivity (Wildman–Crippen MR) is 85.1 cm³/mol. The molecule has 1 aromatic rings. The zero-order chi connectivity index (χ0) is 14.1. The second kappa shape index (κ2) is 8.86. The van der Waals surface area contributed by atoms with Gasteiger partial charge in [-0.1, -0.05) is 6.92 Å². The first-order valence-electron chi connectivity index (χ1n) is 6.89. The van der Waals surface area contributed by atoms with Gasteiger partial charge in [-0.05, 0) is 56.0 Å². The molecule has 0 saturated heterocycles. The maximum Gasteiger partial charge on any atom is 0.251 e. The predicted octanol–water partition coefficient (Wildman–Crippen LogP) is 3.38. The molecule has 4 heteroatoms. The molecule has 1 aromatic carbocycles. The maximum atomic E-state index is 12.0. The second-order valence-electron chi connectivity index (χ2n) is 4.47. The number of hydrogen-bond donors (Lipinski definition) is 2. The summed E-state index contributed by atoms with van der Waals surface area (Å²) in [6, 6.07) is 7.83. The van der Waals surface area contributed by atoms with Gasteiger partial charge in [0.1, 0.15) is 0 Å². The lowest BCUT2D eigenvalue weighted by molar-refractivity contribution is 0.0939. The van der Waals surface area contributed by atoms with Gasteiger partial charge in [-0.25, -0.2) is 0 Å². The van der Waals surface area contributed by atoms with Gasteiger partial charge in [0, 0.05) is 23.8 Å². The summed E-state index contributed by atoms with van der Waals surface area (Å²) < 4.78 is 0. The van der Waals surface area contributed by atoms with Crippen molar-refractivity contribution in [2.24, 2.45) is 0 Å². The standard InChI is InChI=1S/C15H24N2OS/c1-4-16-14-8-6-13(7-9-14)15(18)17-12(3)10-11-19-5-2/h6-9,12,16H,4-5,10-11H2,1-3H3,(H,17,18). The Morgan fingerprint density at radius 3 is 2.53 bits per heavy atom. The molecule has 3 nitrogen and oxygen atoms in total. The Hall–Kier alpha value is -1.16. The van der Waals surface area contributed by atoms with Crippen molar-refractivity contribution in [3.05, 3.63) is 29.8 Å². The number of carbonyl (C=O) groups is 1. The molecule has 0 radical (unpaired) electrons. The van der Waals surface area contributed by atoms with Crippen molar-refractivity contribution in [1.29, 1.82) is 0 Å². The Morgan fingerprint density at radius 2 is 1.95 bits per heavy atom. The summed E-state index contributed by atoms with van der Waals surface area (Å²) in [4.78, 5) is 12.0. The number of amides is 1. The van der Waals surface area contributed by atoms with Crippen molar-refractivity contribution >= 4 is 23.4 Å². The lowest BCUT2D eigenvalue weighted by Gasteiger charge is -2.13. The molecule has 0 spiro atoms. The lowest BCUT2D eigenvalue weighted by atomic mass is 10.1. The molecule has 0 heterocycles. The van der Waals surface area contributed by atoms with Gasteiger partial charge in [0.25, 0.3) is 5.91 Å². The molecule has 2 N–H and O–H groups in total. The molecule has 1 rings (SSSR count). The molecular weight excluding hydrogens is 256 g/mol. The molecule has 19 heavy (non-hydrogen) atoms. The van der Waals surface area contributed by atoms with E-state index in [2.05, 4.69) is 31.4 Å². The number of anilines is 1. The summed E-state index contributed by atoms with van der Waals surface area (Å²) in [7, 11) is 0. The molecule has 0 aromatic heterocycles. The van der Waals surface area contributed by atoms with Crippen LogP contribution in [0.5, 0.6) is 0 Å². The molecule has 1 unspecified atom stereocenters. The van der Waals surface area contributed by atoms with Crippen molar-refractivity contribution in [2.45, 2.75) is 33.2 Å². The fourth-order valence-electron chi connectivity index (χ4n) is 1.73. The van der Waals surface area contributed by atoms with Crippen LogP contribution in [-0.4, -0.2) is 30.0 Å². The number of thioether (sulfide) groups is 1. The molecule has 106 valence electrons. The van der Waals surface area contributed by atoms with E-state index in [1.807, 2.05) is 36.0 Å². The minimum Gasteiger partial charge on any atom is -0.385 e. The quantitative estimate of drug-likeness (QED) is 0.717. The largest absolute Gasteiger partial charge is 0.385 e. The number of carbonyl (C=O) groups excluding carboxylic acids is 1. The smallest absolute Gasteiger partial charge is 0.251 e. The minimum absolute atomic E-state index is 0.0112. The average molecular weight is 280 g/mol. The summed E-state index contributed by atoms with van der Waals surface area (Å²) in [5, 5.41) is 6.25. The van der Waals surface area contributed by atoms with Crippen LogP contribution in [0, 0.1) is 0 Å². The van der Waals surface area contributed by atoms with Crippen molar-refractivity contribution in [3.63, 3.8) is 0 Å². The van der Waals surface area contributed by atoms with Crippen LogP contribution in [0.1, 0.15) is 37.6 Å². The van der Waals surface area contributed by atoms with Crippen LogP contribution in [-0.2, 0) is 0 Å². The Kier molecular flexibility index (Phi) is 7.41. The summed E-state index contributed by atoms with van der Waals surface area (Å²) >= 11 is 1.91. The summed E-state index contributed by atoms with van der Waals surface area (Å²) in [5.74, 6) is 2.24. The van der Waals surface area contributed by atoms with Crippen LogP contribution in [0.2, 0.25) is 0 Å². The van der Waals surface area contributed by atoms with Gasteiger partial charge >= 0.3 is 0 Å². The fourth-order valence-corrected chi connectivity index (χ4v) is 2.54. The molecule has 0 aliphatic carbocycles. The molecule has 0 aliphatic rings. The van der Waals surface area contributed by atoms with E-state index < -0.39 is 0 Å². The Balaban J connectivity index is 2.44. The summed E-state index contributed by atoms with van der Waals surface area (Å²) in [6.07, 6.45) is 1.01. The average Bonchev–Trinajstić information content (AvgIpc) is 2.40. The second-order valence-corrected chi connectivity index (χ2v) is 5.86. The highest BCUT2D eigenvalue weighted by Crippen LogP contribution is 2.10. The number of benzene rings is 1. The Morgan fingerprint density at radius 1 is 1.26 bits per heavy atom. The van der Waals surface area contributed by atoms with E-state index in [-0.39, 0.29) is 11.9 Å². The molecule has 0 saturated carbocycles. The van der Waals surface area contributed by atoms with E-state index in [0.717, 1.165) is 35.7 Å². The number of hydrogen-bond acceptors (Lipinski definition) is 3. The first-order valence-corrected chi connectivity index (χ1v) is 8.05. The van der Waals surface area contributed by atoms with E-state index in [0.29, 0.717) is 0 Å². The monoisotopic (exact) mass is 280 g/mol. The van der Waals surface area contributed by atoms with E-state index in [9.17, 15) is 4.79 Å². The van der Waals surface area contributed by atoms with Crippen LogP contribution in [0.3, 0.4) is 0 Å². The third-order valence-corrected chi connectivity index (χ3v) is 3.74. The van der Waals surface area contributed by atoms with Crippen molar-refractivity contribution in [3.8, 4) is 0 Å². The van der Waals surface area contributed by atoms with Crippen LogP contribution >= 0.6 is 11.8 Å². The van der Waals surface area contributed by atoms with Crippen molar-refractivity contribution in [2.75, 3.05) is 23.4 Å². The highest BCUT2D eigenvalue weighted by molar-refractivity contribution is 7.99. The molecule has 1 amide bonds.